The zero-order chi connectivity index (χ0) is 22.2. The number of hydrogen-bond acceptors (Lipinski definition) is 7. The van der Waals surface area contributed by atoms with Crippen molar-refractivity contribution in [2.45, 2.75) is 25.3 Å². The van der Waals surface area contributed by atoms with Crippen LogP contribution in [-0.2, 0) is 11.2 Å². The van der Waals surface area contributed by atoms with Gasteiger partial charge in [-0.25, -0.2) is 9.50 Å². The first-order chi connectivity index (χ1) is 15.5. The molecule has 2 aliphatic rings. The summed E-state index contributed by atoms with van der Waals surface area (Å²) in [6.45, 7) is 1.30. The van der Waals surface area contributed by atoms with Gasteiger partial charge in [-0.1, -0.05) is 12.1 Å². The van der Waals surface area contributed by atoms with Gasteiger partial charge in [0.1, 0.15) is 11.8 Å². The number of aromatic nitrogens is 3. The highest BCUT2D eigenvalue weighted by Gasteiger charge is 2.31. The van der Waals surface area contributed by atoms with Crippen molar-refractivity contribution >= 4 is 34.7 Å². The normalized spacial score (nSPS) is 17.8. The lowest BCUT2D eigenvalue weighted by Gasteiger charge is -2.21. The SMILES string of the molecule is CNc1cc(Nc2cccc3c2OCCC3)nn2c(C(=O)N[C@@H]3CCN(C)C3=O)cnc12. The lowest BCUT2D eigenvalue weighted by molar-refractivity contribution is -0.128. The van der Waals surface area contributed by atoms with E-state index >= 15 is 0 Å². The summed E-state index contributed by atoms with van der Waals surface area (Å²) < 4.78 is 7.37. The second-order valence-corrected chi connectivity index (χ2v) is 8.02. The molecule has 2 amide bonds. The second-order valence-electron chi connectivity index (χ2n) is 8.02. The number of nitrogens with zero attached hydrogens (tertiary/aromatic N) is 4. The van der Waals surface area contributed by atoms with Crippen molar-refractivity contribution in [3.8, 4) is 5.75 Å². The van der Waals surface area contributed by atoms with Crippen LogP contribution >= 0.6 is 0 Å². The van der Waals surface area contributed by atoms with Crippen LogP contribution in [0.5, 0.6) is 5.75 Å². The highest BCUT2D eigenvalue weighted by Crippen LogP contribution is 2.35. The van der Waals surface area contributed by atoms with Crippen LogP contribution in [0.15, 0.2) is 30.5 Å². The van der Waals surface area contributed by atoms with Crippen molar-refractivity contribution in [3.63, 3.8) is 0 Å². The molecule has 166 valence electrons. The lowest BCUT2D eigenvalue weighted by atomic mass is 10.1. The molecule has 3 N–H and O–H groups in total. The third-order valence-corrected chi connectivity index (χ3v) is 5.90. The summed E-state index contributed by atoms with van der Waals surface area (Å²) in [6, 6.07) is 7.30. The maximum absolute atomic E-state index is 12.9. The van der Waals surface area contributed by atoms with Crippen molar-refractivity contribution in [1.29, 1.82) is 0 Å². The Kier molecular flexibility index (Phi) is 5.04. The number of para-hydroxylation sites is 1. The van der Waals surface area contributed by atoms with Gasteiger partial charge in [0.15, 0.2) is 17.2 Å². The van der Waals surface area contributed by atoms with Crippen LogP contribution in [0.4, 0.5) is 17.2 Å². The van der Waals surface area contributed by atoms with Gasteiger partial charge in [0, 0.05) is 26.7 Å². The Morgan fingerprint density at radius 1 is 1.28 bits per heavy atom. The molecule has 0 saturated carbocycles. The molecule has 0 aliphatic carbocycles. The number of imidazole rings is 1. The largest absolute Gasteiger partial charge is 0.491 e. The molecule has 3 aromatic rings. The molecule has 1 aromatic carbocycles. The predicted molar refractivity (Wildman–Crippen MR) is 120 cm³/mol. The summed E-state index contributed by atoms with van der Waals surface area (Å²) in [5.74, 6) is 0.887. The first-order valence-corrected chi connectivity index (χ1v) is 10.7. The number of rotatable bonds is 5. The molecule has 0 unspecified atom stereocenters. The van der Waals surface area contributed by atoms with Crippen LogP contribution in [0.3, 0.4) is 0 Å². The summed E-state index contributed by atoms with van der Waals surface area (Å²) in [4.78, 5) is 31.1. The topological polar surface area (TPSA) is 113 Å². The molecule has 0 bridgehead atoms. The molecular weight excluding hydrogens is 410 g/mol. The van der Waals surface area contributed by atoms with Crippen molar-refractivity contribution in [3.05, 3.63) is 41.7 Å². The van der Waals surface area contributed by atoms with Crippen molar-refractivity contribution in [2.24, 2.45) is 0 Å². The highest BCUT2D eigenvalue weighted by atomic mass is 16.5. The first-order valence-electron chi connectivity index (χ1n) is 10.7. The van der Waals surface area contributed by atoms with Gasteiger partial charge in [0.25, 0.3) is 5.91 Å². The molecule has 5 rings (SSSR count). The number of hydrogen-bond donors (Lipinski definition) is 3. The average molecular weight is 435 g/mol. The quantitative estimate of drug-likeness (QED) is 0.560. The smallest absolute Gasteiger partial charge is 0.272 e. The Morgan fingerprint density at radius 2 is 2.16 bits per heavy atom. The summed E-state index contributed by atoms with van der Waals surface area (Å²) in [5.41, 5.74) is 3.47. The fourth-order valence-electron chi connectivity index (χ4n) is 4.18. The minimum Gasteiger partial charge on any atom is -0.491 e. The van der Waals surface area contributed by atoms with E-state index < -0.39 is 11.9 Å². The van der Waals surface area contributed by atoms with Crippen molar-refractivity contribution < 1.29 is 14.3 Å². The third-order valence-electron chi connectivity index (χ3n) is 5.90. The van der Waals surface area contributed by atoms with Gasteiger partial charge in [-0.05, 0) is 30.9 Å². The number of carbonyl (C=O) groups is 2. The molecule has 32 heavy (non-hydrogen) atoms. The van der Waals surface area contributed by atoms with E-state index in [1.807, 2.05) is 18.2 Å². The van der Waals surface area contributed by atoms with Crippen LogP contribution in [-0.4, -0.2) is 64.6 Å². The molecule has 1 saturated heterocycles. The van der Waals surface area contributed by atoms with E-state index in [2.05, 4.69) is 32.1 Å². The average Bonchev–Trinajstić information content (AvgIpc) is 3.37. The Labute approximate surface area is 184 Å². The van der Waals surface area contributed by atoms with Gasteiger partial charge in [0.2, 0.25) is 5.91 Å². The third kappa shape index (κ3) is 3.47. The number of anilines is 3. The molecule has 1 fully saturated rings. The maximum Gasteiger partial charge on any atom is 0.272 e. The predicted octanol–water partition coefficient (Wildman–Crippen LogP) is 1.80. The highest BCUT2D eigenvalue weighted by molar-refractivity contribution is 5.97. The van der Waals surface area contributed by atoms with Crippen LogP contribution in [0.1, 0.15) is 28.9 Å². The van der Waals surface area contributed by atoms with Crippen molar-refractivity contribution in [2.75, 3.05) is 37.9 Å². The molecule has 2 aromatic heterocycles. The van der Waals surface area contributed by atoms with Gasteiger partial charge < -0.3 is 25.6 Å². The molecule has 0 radical (unpaired) electrons. The van der Waals surface area contributed by atoms with E-state index in [0.717, 1.165) is 29.8 Å². The number of likely N-dealkylation sites (tertiary alicyclic amines) is 1. The summed E-state index contributed by atoms with van der Waals surface area (Å²) in [5, 5.41) is 13.9. The number of amides is 2. The number of carbonyl (C=O) groups excluding carboxylic acids is 2. The van der Waals surface area contributed by atoms with Gasteiger partial charge in [-0.15, -0.1) is 5.10 Å². The molecule has 10 heteroatoms. The van der Waals surface area contributed by atoms with E-state index in [0.29, 0.717) is 36.7 Å². The summed E-state index contributed by atoms with van der Waals surface area (Å²) in [7, 11) is 3.52. The van der Waals surface area contributed by atoms with Crippen molar-refractivity contribution in [1.82, 2.24) is 24.8 Å². The Hall–Kier alpha value is -3.82. The number of aryl methyl sites for hydroxylation is 1. The second kappa shape index (κ2) is 8.03. The number of benzene rings is 1. The Bertz CT molecular complexity index is 1210. The van der Waals surface area contributed by atoms with Gasteiger partial charge in [-0.3, -0.25) is 9.59 Å². The first kappa shape index (κ1) is 20.1. The van der Waals surface area contributed by atoms with E-state index in [9.17, 15) is 9.59 Å². The fraction of sp³-hybridized carbons (Fsp3) is 0.364. The van der Waals surface area contributed by atoms with E-state index in [4.69, 9.17) is 4.74 Å². The summed E-state index contributed by atoms with van der Waals surface area (Å²) >= 11 is 0. The van der Waals surface area contributed by atoms with E-state index in [-0.39, 0.29) is 11.6 Å². The van der Waals surface area contributed by atoms with Gasteiger partial charge in [0.05, 0.1) is 24.2 Å². The minimum atomic E-state index is -0.531. The number of ether oxygens (including phenoxy) is 1. The van der Waals surface area contributed by atoms with Gasteiger partial charge in [-0.2, -0.15) is 0 Å². The zero-order valence-electron chi connectivity index (χ0n) is 18.0. The van der Waals surface area contributed by atoms with E-state index in [1.54, 1.807) is 19.0 Å². The Balaban J connectivity index is 1.48. The number of nitrogens with one attached hydrogen (secondary N) is 3. The maximum atomic E-state index is 12.9. The molecule has 1 atom stereocenters. The lowest BCUT2D eigenvalue weighted by Crippen LogP contribution is -2.41. The van der Waals surface area contributed by atoms with Crippen LogP contribution in [0.2, 0.25) is 0 Å². The van der Waals surface area contributed by atoms with Crippen LogP contribution < -0.4 is 20.7 Å². The molecule has 4 heterocycles. The zero-order valence-corrected chi connectivity index (χ0v) is 18.0. The molecule has 0 spiro atoms. The fourth-order valence-corrected chi connectivity index (χ4v) is 4.18. The Morgan fingerprint density at radius 3 is 2.94 bits per heavy atom. The monoisotopic (exact) mass is 435 g/mol. The molecule has 10 nitrogen and oxygen atoms in total. The molecule has 2 aliphatic heterocycles. The van der Waals surface area contributed by atoms with Crippen LogP contribution in [0, 0.1) is 0 Å². The summed E-state index contributed by atoms with van der Waals surface area (Å²) in [6.07, 6.45) is 4.02. The van der Waals surface area contributed by atoms with Gasteiger partial charge >= 0.3 is 0 Å². The standard InChI is InChI=1S/C22H25N7O3/c1-23-16-11-18(25-14-7-3-5-13-6-4-10-32-19(13)14)27-29-17(12-24-20(16)29)21(30)26-15-8-9-28(2)22(15)31/h3,5,7,11-12,15,23H,4,6,8-10H2,1-2H3,(H,25,27)(H,26,30)/t15-/m1/s1. The van der Waals surface area contributed by atoms with E-state index in [1.165, 1.54) is 10.7 Å². The minimum absolute atomic E-state index is 0.0905. The molecular formula is C22H25N7O3. The van der Waals surface area contributed by atoms with Crippen LogP contribution in [0.25, 0.3) is 5.65 Å². The number of likely N-dealkylation sites (N-methyl/N-ethyl adjacent to an activating group) is 1. The number of fused-ring (bicyclic) bond motifs is 2.